The third-order valence-corrected chi connectivity index (χ3v) is 1.55. The Kier molecular flexibility index (Phi) is 7.23. The molecule has 0 fully saturated rings. The van der Waals surface area contributed by atoms with E-state index in [4.69, 9.17) is 11.5 Å². The summed E-state index contributed by atoms with van der Waals surface area (Å²) in [6, 6.07) is 0.0674. The summed E-state index contributed by atoms with van der Waals surface area (Å²) >= 11 is 0. The first-order valence-corrected chi connectivity index (χ1v) is 4.19. The Morgan fingerprint density at radius 2 is 2.00 bits per heavy atom. The molecule has 0 saturated heterocycles. The van der Waals surface area contributed by atoms with Crippen LogP contribution < -0.4 is 11.5 Å². The minimum atomic E-state index is 0.0674. The van der Waals surface area contributed by atoms with Crippen LogP contribution in [0.2, 0.25) is 0 Å². The minimum Gasteiger partial charge on any atom is -0.330 e. The van der Waals surface area contributed by atoms with Crippen molar-refractivity contribution >= 4 is 0 Å². The van der Waals surface area contributed by atoms with Gasteiger partial charge in [0.1, 0.15) is 0 Å². The van der Waals surface area contributed by atoms with Crippen molar-refractivity contribution < 1.29 is 0 Å². The van der Waals surface area contributed by atoms with Gasteiger partial charge in [0.05, 0.1) is 6.04 Å². The number of hydrogen-bond acceptors (Lipinski definition) is 2. The second-order valence-corrected chi connectivity index (χ2v) is 2.64. The van der Waals surface area contributed by atoms with Crippen LogP contribution in [0.25, 0.3) is 0 Å². The molecular formula is C9H18N2. The maximum absolute atomic E-state index is 5.66. The fraction of sp³-hybridized carbons (Fsp3) is 0.778. The van der Waals surface area contributed by atoms with Crippen molar-refractivity contribution in [3.63, 3.8) is 0 Å². The van der Waals surface area contributed by atoms with Gasteiger partial charge in [-0.1, -0.05) is 18.8 Å². The van der Waals surface area contributed by atoms with Crippen LogP contribution in [0.15, 0.2) is 0 Å². The Morgan fingerprint density at radius 3 is 2.55 bits per heavy atom. The molecule has 64 valence electrons. The van der Waals surface area contributed by atoms with E-state index in [1.165, 1.54) is 6.42 Å². The summed E-state index contributed by atoms with van der Waals surface area (Å²) in [7, 11) is 0. The van der Waals surface area contributed by atoms with E-state index < -0.39 is 0 Å². The van der Waals surface area contributed by atoms with E-state index in [1.807, 2.05) is 6.92 Å². The maximum atomic E-state index is 5.66. The molecule has 0 radical (unpaired) electrons. The van der Waals surface area contributed by atoms with E-state index >= 15 is 0 Å². The van der Waals surface area contributed by atoms with Crippen molar-refractivity contribution in [1.82, 2.24) is 0 Å². The van der Waals surface area contributed by atoms with Gasteiger partial charge in [-0.15, -0.1) is 5.92 Å². The van der Waals surface area contributed by atoms with Gasteiger partial charge >= 0.3 is 0 Å². The summed E-state index contributed by atoms with van der Waals surface area (Å²) < 4.78 is 0. The van der Waals surface area contributed by atoms with E-state index in [0.717, 1.165) is 25.8 Å². The molecule has 2 heteroatoms. The second kappa shape index (κ2) is 7.59. The van der Waals surface area contributed by atoms with Crippen LogP contribution in [-0.2, 0) is 0 Å². The molecule has 0 aliphatic heterocycles. The van der Waals surface area contributed by atoms with Crippen LogP contribution in [0.1, 0.15) is 32.6 Å². The quantitative estimate of drug-likeness (QED) is 0.456. The van der Waals surface area contributed by atoms with E-state index in [-0.39, 0.29) is 6.04 Å². The summed E-state index contributed by atoms with van der Waals surface area (Å²) in [6.07, 6.45) is 4.43. The molecule has 4 N–H and O–H groups in total. The lowest BCUT2D eigenvalue weighted by molar-refractivity contribution is 0.617. The molecule has 0 aromatic heterocycles. The van der Waals surface area contributed by atoms with Gasteiger partial charge in [-0.3, -0.25) is 0 Å². The molecule has 0 bridgehead atoms. The third kappa shape index (κ3) is 7.38. The number of rotatable bonds is 5. The van der Waals surface area contributed by atoms with E-state index in [2.05, 4.69) is 11.8 Å². The van der Waals surface area contributed by atoms with Gasteiger partial charge in [0.2, 0.25) is 0 Å². The first-order valence-electron chi connectivity index (χ1n) is 4.19. The Balaban J connectivity index is 3.15. The van der Waals surface area contributed by atoms with E-state index in [9.17, 15) is 0 Å². The zero-order valence-corrected chi connectivity index (χ0v) is 7.27. The molecule has 1 atom stereocenters. The van der Waals surface area contributed by atoms with Crippen molar-refractivity contribution in [2.75, 3.05) is 6.54 Å². The molecule has 0 heterocycles. The Bertz CT molecular complexity index is 132. The Hall–Kier alpha value is -0.520. The Labute approximate surface area is 69.3 Å². The maximum Gasteiger partial charge on any atom is 0.0664 e. The molecule has 0 saturated carbocycles. The normalized spacial score (nSPS) is 11.9. The topological polar surface area (TPSA) is 52.0 Å². The fourth-order valence-corrected chi connectivity index (χ4v) is 0.943. The number of nitrogens with two attached hydrogens (primary N) is 2. The van der Waals surface area contributed by atoms with Crippen molar-refractivity contribution in [2.24, 2.45) is 11.5 Å². The van der Waals surface area contributed by atoms with E-state index in [0.29, 0.717) is 0 Å². The Morgan fingerprint density at radius 1 is 1.27 bits per heavy atom. The largest absolute Gasteiger partial charge is 0.330 e. The SMILES string of the molecule is CC#CC(N)CCCCCN. The summed E-state index contributed by atoms with van der Waals surface area (Å²) in [5, 5.41) is 0. The molecule has 0 aliphatic carbocycles. The standard InChI is InChI=1S/C9H18N2/c1-2-6-9(11)7-4-3-5-8-10/h9H,3-5,7-8,10-11H2,1H3. The van der Waals surface area contributed by atoms with Crippen molar-refractivity contribution in [2.45, 2.75) is 38.6 Å². The van der Waals surface area contributed by atoms with Crippen LogP contribution >= 0.6 is 0 Å². The molecule has 1 unspecified atom stereocenters. The summed E-state index contributed by atoms with van der Waals surface area (Å²) in [6.45, 7) is 2.61. The van der Waals surface area contributed by atoms with Crippen LogP contribution in [0.4, 0.5) is 0 Å². The minimum absolute atomic E-state index is 0.0674. The number of hydrogen-bond donors (Lipinski definition) is 2. The molecule has 2 nitrogen and oxygen atoms in total. The van der Waals surface area contributed by atoms with Gasteiger partial charge in [-0.2, -0.15) is 0 Å². The van der Waals surface area contributed by atoms with Crippen LogP contribution in [0.5, 0.6) is 0 Å². The molecule has 0 spiro atoms. The van der Waals surface area contributed by atoms with Crippen molar-refractivity contribution in [3.8, 4) is 11.8 Å². The van der Waals surface area contributed by atoms with Gasteiger partial charge in [-0.25, -0.2) is 0 Å². The predicted molar refractivity (Wildman–Crippen MR) is 48.9 cm³/mol. The first kappa shape index (κ1) is 10.5. The predicted octanol–water partition coefficient (Wildman–Crippen LogP) is 0.856. The third-order valence-electron chi connectivity index (χ3n) is 1.55. The van der Waals surface area contributed by atoms with Crippen molar-refractivity contribution in [3.05, 3.63) is 0 Å². The molecule has 11 heavy (non-hydrogen) atoms. The molecule has 0 aromatic rings. The summed E-state index contributed by atoms with van der Waals surface area (Å²) in [5.74, 6) is 5.73. The fourth-order valence-electron chi connectivity index (χ4n) is 0.943. The van der Waals surface area contributed by atoms with Gasteiger partial charge in [0.15, 0.2) is 0 Å². The average Bonchev–Trinajstić information content (AvgIpc) is 1.99. The second-order valence-electron chi connectivity index (χ2n) is 2.64. The molecule has 0 amide bonds. The average molecular weight is 154 g/mol. The highest BCUT2D eigenvalue weighted by Gasteiger charge is 1.95. The first-order chi connectivity index (χ1) is 5.31. The number of unbranched alkanes of at least 4 members (excludes halogenated alkanes) is 2. The molecule has 0 rings (SSSR count). The smallest absolute Gasteiger partial charge is 0.0664 e. The molecular weight excluding hydrogens is 136 g/mol. The zero-order valence-electron chi connectivity index (χ0n) is 7.27. The summed E-state index contributed by atoms with van der Waals surface area (Å²) in [4.78, 5) is 0. The zero-order chi connectivity index (χ0) is 8.53. The van der Waals surface area contributed by atoms with Gasteiger partial charge in [-0.05, 0) is 26.3 Å². The highest BCUT2D eigenvalue weighted by atomic mass is 14.6. The van der Waals surface area contributed by atoms with Crippen LogP contribution in [-0.4, -0.2) is 12.6 Å². The van der Waals surface area contributed by atoms with Gasteiger partial charge in [0.25, 0.3) is 0 Å². The summed E-state index contributed by atoms with van der Waals surface area (Å²) in [5.41, 5.74) is 11.0. The highest BCUT2D eigenvalue weighted by Crippen LogP contribution is 2.00. The van der Waals surface area contributed by atoms with Crippen LogP contribution in [0.3, 0.4) is 0 Å². The van der Waals surface area contributed by atoms with Crippen molar-refractivity contribution in [1.29, 1.82) is 0 Å². The lowest BCUT2D eigenvalue weighted by atomic mass is 10.1. The van der Waals surface area contributed by atoms with Gasteiger partial charge in [0, 0.05) is 0 Å². The molecule has 0 aromatic carbocycles. The highest BCUT2D eigenvalue weighted by molar-refractivity contribution is 5.03. The van der Waals surface area contributed by atoms with Gasteiger partial charge < -0.3 is 11.5 Å². The monoisotopic (exact) mass is 154 g/mol. The lowest BCUT2D eigenvalue weighted by Crippen LogP contribution is -2.17. The molecule has 0 aliphatic rings. The van der Waals surface area contributed by atoms with E-state index in [1.54, 1.807) is 0 Å². The van der Waals surface area contributed by atoms with Crippen LogP contribution in [0, 0.1) is 11.8 Å². The lowest BCUT2D eigenvalue weighted by Gasteiger charge is -2.02.